The molecule has 2 rings (SSSR count). The van der Waals surface area contributed by atoms with E-state index in [9.17, 15) is 24.3 Å². The summed E-state index contributed by atoms with van der Waals surface area (Å²) in [7, 11) is 8.95. The van der Waals surface area contributed by atoms with Gasteiger partial charge in [0.15, 0.2) is 0 Å². The fraction of sp³-hybridized carbons (Fsp3) is 0.655. The number of nitrogens with zero attached hydrogens (tertiary/aromatic N) is 2. The highest BCUT2D eigenvalue weighted by molar-refractivity contribution is 8.76. The number of hydrogen-bond acceptors (Lipinski definition) is 10. The number of rotatable bonds is 17. The monoisotopic (exact) mass is 610 g/mol. The van der Waals surface area contributed by atoms with Gasteiger partial charge in [-0.05, 0) is 57.0 Å². The first-order chi connectivity index (χ1) is 19.5. The van der Waals surface area contributed by atoms with Crippen molar-refractivity contribution in [2.24, 2.45) is 11.8 Å². The number of carbonyl (C=O) groups is 4. The van der Waals surface area contributed by atoms with Crippen LogP contribution in [0.4, 0.5) is 0 Å². The van der Waals surface area contributed by atoms with E-state index in [1.165, 1.54) is 18.2 Å². The summed E-state index contributed by atoms with van der Waals surface area (Å²) in [6, 6.07) is 4.92. The van der Waals surface area contributed by atoms with E-state index in [2.05, 4.69) is 15.6 Å². The van der Waals surface area contributed by atoms with Crippen LogP contribution < -0.4 is 10.7 Å². The number of esters is 1. The number of benzene rings is 1. The molecule has 1 fully saturated rings. The topological polar surface area (TPSA) is 128 Å². The third-order valence-electron chi connectivity index (χ3n) is 6.88. The zero-order valence-corrected chi connectivity index (χ0v) is 26.5. The van der Waals surface area contributed by atoms with Gasteiger partial charge in [-0.15, -0.1) is 0 Å². The Balaban J connectivity index is 2.05. The molecule has 10 nitrogen and oxygen atoms in total. The number of aromatic hydroxyl groups is 1. The van der Waals surface area contributed by atoms with Gasteiger partial charge in [0, 0.05) is 49.8 Å². The molecule has 0 aromatic heterocycles. The van der Waals surface area contributed by atoms with E-state index in [1.807, 2.05) is 27.9 Å². The number of Topliss-reactive ketones (excluding diaryl/α,β-unsaturated/α-hetero) is 1. The molecule has 3 N–H and O–H groups in total. The molecule has 1 unspecified atom stereocenters. The standard InChI is InChI=1S/C29H46N4O6S2/c1-20(2)24(19-23(35)11-8-15-40-41-16-14-32(3)4)27(36)30-26(18-21-9-6-10-22(34)17-21)28(37)33-13-7-12-25(31-33)29(38)39-5/h6,9-10,17,20,24-26,31,34H,7-8,11-16,18-19H2,1-5H3,(H,30,36)/t24-,25?,26-/m0/s1. The molecule has 1 aromatic rings. The van der Waals surface area contributed by atoms with Gasteiger partial charge in [-0.25, -0.2) is 5.43 Å². The molecule has 230 valence electrons. The Kier molecular flexibility index (Phi) is 15.6. The second-order valence-electron chi connectivity index (χ2n) is 10.9. The van der Waals surface area contributed by atoms with Crippen LogP contribution in [-0.4, -0.2) is 96.5 Å². The van der Waals surface area contributed by atoms with Crippen molar-refractivity contribution in [2.45, 2.75) is 64.5 Å². The van der Waals surface area contributed by atoms with E-state index in [1.54, 1.807) is 39.8 Å². The van der Waals surface area contributed by atoms with Crippen LogP contribution in [0.5, 0.6) is 5.75 Å². The van der Waals surface area contributed by atoms with E-state index >= 15 is 0 Å². The van der Waals surface area contributed by atoms with Gasteiger partial charge in [0.05, 0.1) is 7.11 Å². The summed E-state index contributed by atoms with van der Waals surface area (Å²) in [5.41, 5.74) is 3.60. The lowest BCUT2D eigenvalue weighted by atomic mass is 9.88. The molecule has 2 amide bonds. The summed E-state index contributed by atoms with van der Waals surface area (Å²) in [5, 5.41) is 14.2. The van der Waals surface area contributed by atoms with E-state index < -0.39 is 29.9 Å². The van der Waals surface area contributed by atoms with Crippen LogP contribution >= 0.6 is 21.6 Å². The lowest BCUT2D eigenvalue weighted by molar-refractivity contribution is -0.151. The Morgan fingerprint density at radius 2 is 1.93 bits per heavy atom. The molecule has 0 saturated carbocycles. The third kappa shape index (κ3) is 12.6. The predicted molar refractivity (Wildman–Crippen MR) is 164 cm³/mol. The number of ether oxygens (including phenoxy) is 1. The zero-order chi connectivity index (χ0) is 30.4. The van der Waals surface area contributed by atoms with Crippen molar-refractivity contribution in [3.63, 3.8) is 0 Å². The highest BCUT2D eigenvalue weighted by Crippen LogP contribution is 2.24. The molecule has 12 heteroatoms. The number of hydrogen-bond donors (Lipinski definition) is 3. The lowest BCUT2D eigenvalue weighted by Gasteiger charge is -2.35. The number of phenolic OH excluding ortho intramolecular Hbond substituents is 1. The van der Waals surface area contributed by atoms with Crippen LogP contribution in [0.1, 0.15) is 51.5 Å². The quantitative estimate of drug-likeness (QED) is 0.138. The maximum atomic E-state index is 13.6. The van der Waals surface area contributed by atoms with E-state index in [-0.39, 0.29) is 36.2 Å². The summed E-state index contributed by atoms with van der Waals surface area (Å²) >= 11 is 0. The Hall–Kier alpha value is -2.28. The number of amides is 2. The number of ketones is 1. The second-order valence-corrected chi connectivity index (χ2v) is 13.6. The molecule has 3 atom stereocenters. The summed E-state index contributed by atoms with van der Waals surface area (Å²) in [5.74, 6) is 0.0894. The van der Waals surface area contributed by atoms with Crippen molar-refractivity contribution in [3.05, 3.63) is 29.8 Å². The molecule has 0 bridgehead atoms. The zero-order valence-electron chi connectivity index (χ0n) is 24.9. The van der Waals surface area contributed by atoms with Gasteiger partial charge in [0.25, 0.3) is 5.91 Å². The van der Waals surface area contributed by atoms with E-state index in [0.29, 0.717) is 31.4 Å². The van der Waals surface area contributed by atoms with Crippen molar-refractivity contribution in [3.8, 4) is 5.75 Å². The van der Waals surface area contributed by atoms with Crippen LogP contribution in [0.15, 0.2) is 24.3 Å². The van der Waals surface area contributed by atoms with Crippen molar-refractivity contribution >= 4 is 45.2 Å². The van der Waals surface area contributed by atoms with Gasteiger partial charge in [-0.3, -0.25) is 24.2 Å². The van der Waals surface area contributed by atoms with Crippen molar-refractivity contribution in [2.75, 3.05) is 45.8 Å². The molecule has 0 aliphatic carbocycles. The van der Waals surface area contributed by atoms with Crippen LogP contribution in [0.3, 0.4) is 0 Å². The molecule has 1 aromatic carbocycles. The molecule has 1 saturated heterocycles. The van der Waals surface area contributed by atoms with E-state index in [0.717, 1.165) is 24.5 Å². The molecule has 0 spiro atoms. The number of hydrazine groups is 1. The molecular formula is C29H46N4O6S2. The summed E-state index contributed by atoms with van der Waals surface area (Å²) in [6.45, 7) is 5.18. The van der Waals surface area contributed by atoms with Gasteiger partial charge in [-0.2, -0.15) is 0 Å². The summed E-state index contributed by atoms with van der Waals surface area (Å²) in [6.07, 6.45) is 2.55. The SMILES string of the molecule is COC(=O)C1CCCN(C(=O)[C@H](Cc2cccc(O)c2)NC(=O)[C@@H](CC(=O)CCCSSCCN(C)C)C(C)C)N1. The minimum absolute atomic E-state index is 0.0345. The summed E-state index contributed by atoms with van der Waals surface area (Å²) < 4.78 is 4.83. The normalized spacial score (nSPS) is 16.9. The smallest absolute Gasteiger partial charge is 0.324 e. The number of carbonyl (C=O) groups excluding carboxylic acids is 4. The lowest BCUT2D eigenvalue weighted by Crippen LogP contribution is -2.60. The molecule has 1 heterocycles. The van der Waals surface area contributed by atoms with Gasteiger partial charge >= 0.3 is 5.97 Å². The van der Waals surface area contributed by atoms with Crippen LogP contribution in [-0.2, 0) is 30.3 Å². The molecule has 1 aliphatic heterocycles. The van der Waals surface area contributed by atoms with Gasteiger partial charge < -0.3 is 20.1 Å². The second kappa shape index (κ2) is 18.3. The number of nitrogens with one attached hydrogen (secondary N) is 2. The average molecular weight is 611 g/mol. The molecule has 1 aliphatic rings. The highest BCUT2D eigenvalue weighted by Gasteiger charge is 2.35. The maximum absolute atomic E-state index is 13.6. The minimum Gasteiger partial charge on any atom is -0.508 e. The largest absolute Gasteiger partial charge is 0.508 e. The minimum atomic E-state index is -0.958. The average Bonchev–Trinajstić information content (AvgIpc) is 2.93. The first-order valence-electron chi connectivity index (χ1n) is 14.2. The van der Waals surface area contributed by atoms with Gasteiger partial charge in [0.1, 0.15) is 23.6 Å². The summed E-state index contributed by atoms with van der Waals surface area (Å²) in [4.78, 5) is 54.2. The fourth-order valence-corrected chi connectivity index (χ4v) is 6.71. The molecule has 0 radical (unpaired) electrons. The predicted octanol–water partition coefficient (Wildman–Crippen LogP) is 3.04. The van der Waals surface area contributed by atoms with Crippen molar-refractivity contribution < 1.29 is 29.0 Å². The third-order valence-corrected chi connectivity index (χ3v) is 9.35. The first kappa shape index (κ1) is 34.9. The first-order valence-corrected chi connectivity index (χ1v) is 16.6. The number of methoxy groups -OCH3 is 1. The van der Waals surface area contributed by atoms with Crippen LogP contribution in [0.2, 0.25) is 0 Å². The van der Waals surface area contributed by atoms with Crippen molar-refractivity contribution in [1.82, 2.24) is 20.7 Å². The van der Waals surface area contributed by atoms with E-state index in [4.69, 9.17) is 4.74 Å². The van der Waals surface area contributed by atoms with Gasteiger partial charge in [0.2, 0.25) is 5.91 Å². The number of phenols is 1. The van der Waals surface area contributed by atoms with Crippen LogP contribution in [0.25, 0.3) is 0 Å². The Labute approximate surface area is 252 Å². The highest BCUT2D eigenvalue weighted by atomic mass is 33.1. The maximum Gasteiger partial charge on any atom is 0.324 e. The van der Waals surface area contributed by atoms with Gasteiger partial charge in [-0.1, -0.05) is 47.6 Å². The Morgan fingerprint density at radius 1 is 1.20 bits per heavy atom. The fourth-order valence-electron chi connectivity index (χ4n) is 4.49. The molecular weight excluding hydrogens is 564 g/mol. The van der Waals surface area contributed by atoms with Crippen LogP contribution in [0, 0.1) is 11.8 Å². The Bertz CT molecular complexity index is 1010. The Morgan fingerprint density at radius 3 is 2.59 bits per heavy atom. The molecule has 41 heavy (non-hydrogen) atoms. The van der Waals surface area contributed by atoms with Crippen molar-refractivity contribution in [1.29, 1.82) is 0 Å².